The highest BCUT2D eigenvalue weighted by Crippen LogP contribution is 2.42. The Morgan fingerprint density at radius 2 is 1.86 bits per heavy atom. The smallest absolute Gasteiger partial charge is 0.390 e. The summed E-state index contributed by atoms with van der Waals surface area (Å²) in [7, 11) is 0. The van der Waals surface area contributed by atoms with Crippen LogP contribution in [0, 0.1) is 0 Å². The van der Waals surface area contributed by atoms with E-state index in [4.69, 9.17) is 9.47 Å². The van der Waals surface area contributed by atoms with Crippen molar-refractivity contribution in [2.24, 2.45) is 0 Å². The number of nitrogens with one attached hydrogen (secondary N) is 1. The van der Waals surface area contributed by atoms with Crippen molar-refractivity contribution in [1.82, 2.24) is 10.2 Å². The molecule has 3 rings (SSSR count). The number of nitrogens with zero attached hydrogens (tertiary/aromatic N) is 1. The lowest BCUT2D eigenvalue weighted by Crippen LogP contribution is -2.46. The molecule has 0 bridgehead atoms. The SMILES string of the molecule is FC(F)(F)C[C@H](c1cccc2c1OCCO2)N1CCNCC1. The van der Waals surface area contributed by atoms with Crippen LogP contribution in [-0.4, -0.2) is 50.5 Å². The lowest BCUT2D eigenvalue weighted by molar-refractivity contribution is -0.148. The number of para-hydroxylation sites is 1. The summed E-state index contributed by atoms with van der Waals surface area (Å²) in [5.74, 6) is 0.993. The van der Waals surface area contributed by atoms with Crippen molar-refractivity contribution in [2.75, 3.05) is 39.4 Å². The van der Waals surface area contributed by atoms with Crippen LogP contribution < -0.4 is 14.8 Å². The minimum Gasteiger partial charge on any atom is -0.486 e. The first-order valence-corrected chi connectivity index (χ1v) is 7.44. The first-order chi connectivity index (χ1) is 10.5. The summed E-state index contributed by atoms with van der Waals surface area (Å²) in [6, 6.07) is 4.44. The van der Waals surface area contributed by atoms with Crippen LogP contribution in [0.25, 0.3) is 0 Å². The number of halogens is 3. The highest BCUT2D eigenvalue weighted by Gasteiger charge is 2.38. The molecule has 1 aromatic rings. The van der Waals surface area contributed by atoms with E-state index in [1.807, 2.05) is 4.90 Å². The molecule has 0 spiro atoms. The van der Waals surface area contributed by atoms with Crippen molar-refractivity contribution >= 4 is 0 Å². The average molecular weight is 316 g/mol. The Balaban J connectivity index is 1.94. The summed E-state index contributed by atoms with van der Waals surface area (Å²) in [6.07, 6.45) is -5.11. The first kappa shape index (κ1) is 15.4. The predicted molar refractivity (Wildman–Crippen MR) is 75.3 cm³/mol. The zero-order valence-electron chi connectivity index (χ0n) is 12.2. The van der Waals surface area contributed by atoms with Gasteiger partial charge in [0.25, 0.3) is 0 Å². The van der Waals surface area contributed by atoms with Crippen molar-refractivity contribution in [3.8, 4) is 11.5 Å². The Morgan fingerprint density at radius 3 is 2.59 bits per heavy atom. The van der Waals surface area contributed by atoms with Gasteiger partial charge >= 0.3 is 6.18 Å². The Morgan fingerprint density at radius 1 is 1.14 bits per heavy atom. The fourth-order valence-electron chi connectivity index (χ4n) is 3.01. The Labute approximate surface area is 127 Å². The molecule has 1 atom stereocenters. The predicted octanol–water partition coefficient (Wildman–Crippen LogP) is 2.36. The van der Waals surface area contributed by atoms with Gasteiger partial charge in [-0.2, -0.15) is 13.2 Å². The van der Waals surface area contributed by atoms with Gasteiger partial charge in [0, 0.05) is 37.8 Å². The number of hydrogen-bond acceptors (Lipinski definition) is 4. The van der Waals surface area contributed by atoms with Crippen LogP contribution in [0.1, 0.15) is 18.0 Å². The molecule has 2 heterocycles. The molecule has 0 aliphatic carbocycles. The maximum Gasteiger partial charge on any atom is 0.390 e. The topological polar surface area (TPSA) is 33.7 Å². The normalized spacial score (nSPS) is 20.7. The molecule has 0 aromatic heterocycles. The molecular formula is C15H19F3N2O2. The van der Waals surface area contributed by atoms with Gasteiger partial charge < -0.3 is 14.8 Å². The van der Waals surface area contributed by atoms with Gasteiger partial charge in [-0.15, -0.1) is 0 Å². The van der Waals surface area contributed by atoms with E-state index in [2.05, 4.69) is 5.32 Å². The van der Waals surface area contributed by atoms with Crippen LogP contribution in [0.15, 0.2) is 18.2 Å². The highest BCUT2D eigenvalue weighted by atomic mass is 19.4. The fraction of sp³-hybridized carbons (Fsp3) is 0.600. The number of alkyl halides is 3. The number of fused-ring (bicyclic) bond motifs is 1. The second-order valence-electron chi connectivity index (χ2n) is 5.49. The molecule has 1 saturated heterocycles. The molecule has 2 aliphatic rings. The Hall–Kier alpha value is -1.47. The molecule has 2 aliphatic heterocycles. The maximum atomic E-state index is 13.1. The third-order valence-electron chi connectivity index (χ3n) is 3.97. The van der Waals surface area contributed by atoms with Crippen LogP contribution in [0.4, 0.5) is 13.2 Å². The van der Waals surface area contributed by atoms with Crippen molar-refractivity contribution < 1.29 is 22.6 Å². The monoisotopic (exact) mass is 316 g/mol. The van der Waals surface area contributed by atoms with Gasteiger partial charge in [0.15, 0.2) is 11.5 Å². The molecule has 0 radical (unpaired) electrons. The van der Waals surface area contributed by atoms with Gasteiger partial charge in [0.2, 0.25) is 0 Å². The third kappa shape index (κ3) is 3.47. The number of ether oxygens (including phenoxy) is 2. The van der Waals surface area contributed by atoms with Crippen molar-refractivity contribution in [2.45, 2.75) is 18.6 Å². The number of piperazine rings is 1. The summed E-state index contributed by atoms with van der Waals surface area (Å²) >= 11 is 0. The molecule has 1 aromatic carbocycles. The van der Waals surface area contributed by atoms with E-state index in [1.165, 1.54) is 0 Å². The van der Waals surface area contributed by atoms with Gasteiger partial charge in [0.05, 0.1) is 6.42 Å². The second-order valence-corrected chi connectivity index (χ2v) is 5.49. The summed E-state index contributed by atoms with van der Waals surface area (Å²) in [5.41, 5.74) is 0.566. The lowest BCUT2D eigenvalue weighted by atomic mass is 9.99. The largest absolute Gasteiger partial charge is 0.486 e. The number of benzene rings is 1. The van der Waals surface area contributed by atoms with Gasteiger partial charge in [-0.1, -0.05) is 12.1 Å². The van der Waals surface area contributed by atoms with Crippen LogP contribution in [-0.2, 0) is 0 Å². The van der Waals surface area contributed by atoms with Crippen molar-refractivity contribution in [3.63, 3.8) is 0 Å². The van der Waals surface area contributed by atoms with Gasteiger partial charge in [-0.05, 0) is 6.07 Å². The average Bonchev–Trinajstić information content (AvgIpc) is 2.52. The molecule has 1 N–H and O–H groups in total. The minimum atomic E-state index is -4.23. The molecule has 1 fully saturated rings. The molecule has 7 heteroatoms. The quantitative estimate of drug-likeness (QED) is 0.928. The van der Waals surface area contributed by atoms with E-state index in [0.29, 0.717) is 56.5 Å². The Kier molecular flexibility index (Phi) is 4.44. The second kappa shape index (κ2) is 6.34. The summed E-state index contributed by atoms with van der Waals surface area (Å²) < 4.78 is 50.3. The molecule has 0 unspecified atom stereocenters. The molecule has 122 valence electrons. The van der Waals surface area contributed by atoms with Crippen LogP contribution in [0.3, 0.4) is 0 Å². The molecular weight excluding hydrogens is 297 g/mol. The van der Waals surface area contributed by atoms with Gasteiger partial charge in [-0.3, -0.25) is 4.90 Å². The standard InChI is InChI=1S/C15H19F3N2O2/c16-15(17,18)10-12(20-6-4-19-5-7-20)11-2-1-3-13-14(11)22-9-8-21-13/h1-3,12,19H,4-10H2/t12-/m1/s1. The third-order valence-corrected chi connectivity index (χ3v) is 3.97. The zero-order valence-corrected chi connectivity index (χ0v) is 12.2. The summed E-state index contributed by atoms with van der Waals surface area (Å²) in [5, 5.41) is 3.17. The van der Waals surface area contributed by atoms with Crippen molar-refractivity contribution in [1.29, 1.82) is 0 Å². The van der Waals surface area contributed by atoms with E-state index in [0.717, 1.165) is 0 Å². The van der Waals surface area contributed by atoms with Crippen LogP contribution >= 0.6 is 0 Å². The highest BCUT2D eigenvalue weighted by molar-refractivity contribution is 5.49. The molecule has 22 heavy (non-hydrogen) atoms. The van der Waals surface area contributed by atoms with E-state index < -0.39 is 18.6 Å². The summed E-state index contributed by atoms with van der Waals surface area (Å²) in [6.45, 7) is 3.36. The van der Waals surface area contributed by atoms with E-state index >= 15 is 0 Å². The molecule has 0 saturated carbocycles. The first-order valence-electron chi connectivity index (χ1n) is 7.44. The number of rotatable bonds is 3. The maximum absolute atomic E-state index is 13.1. The fourth-order valence-corrected chi connectivity index (χ4v) is 3.01. The lowest BCUT2D eigenvalue weighted by Gasteiger charge is -2.37. The zero-order chi connectivity index (χ0) is 15.6. The van der Waals surface area contributed by atoms with Gasteiger partial charge in [0.1, 0.15) is 13.2 Å². The van der Waals surface area contributed by atoms with E-state index in [9.17, 15) is 13.2 Å². The van der Waals surface area contributed by atoms with Crippen molar-refractivity contribution in [3.05, 3.63) is 23.8 Å². The molecule has 4 nitrogen and oxygen atoms in total. The van der Waals surface area contributed by atoms with Gasteiger partial charge in [-0.25, -0.2) is 0 Å². The minimum absolute atomic E-state index is 0.365. The Bertz CT molecular complexity index is 516. The summed E-state index contributed by atoms with van der Waals surface area (Å²) in [4.78, 5) is 1.87. The molecule has 0 amide bonds. The van der Waals surface area contributed by atoms with Crippen LogP contribution in [0.2, 0.25) is 0 Å². The van der Waals surface area contributed by atoms with E-state index in [-0.39, 0.29) is 0 Å². The van der Waals surface area contributed by atoms with E-state index in [1.54, 1.807) is 18.2 Å². The van der Waals surface area contributed by atoms with Crippen LogP contribution in [0.5, 0.6) is 11.5 Å². The number of hydrogen-bond donors (Lipinski definition) is 1.